The first-order valence-corrected chi connectivity index (χ1v) is 8.00. The number of anilines is 1. The van der Waals surface area contributed by atoms with E-state index in [4.69, 9.17) is 16.3 Å². The van der Waals surface area contributed by atoms with Crippen molar-refractivity contribution in [3.8, 4) is 11.4 Å². The van der Waals surface area contributed by atoms with Crippen molar-refractivity contribution in [1.29, 1.82) is 0 Å². The van der Waals surface area contributed by atoms with Crippen molar-refractivity contribution < 1.29 is 9.53 Å². The van der Waals surface area contributed by atoms with Crippen molar-refractivity contribution in [2.45, 2.75) is 6.54 Å². The van der Waals surface area contributed by atoms with Gasteiger partial charge in [-0.15, -0.1) is 0 Å². The maximum atomic E-state index is 12.2. The van der Waals surface area contributed by atoms with Crippen LogP contribution in [0.3, 0.4) is 0 Å². The van der Waals surface area contributed by atoms with Crippen LogP contribution >= 0.6 is 11.6 Å². The van der Waals surface area contributed by atoms with Crippen molar-refractivity contribution in [3.63, 3.8) is 0 Å². The van der Waals surface area contributed by atoms with Crippen LogP contribution in [-0.4, -0.2) is 22.7 Å². The summed E-state index contributed by atoms with van der Waals surface area (Å²) < 4.78 is 7.12. The lowest BCUT2D eigenvalue weighted by Crippen LogP contribution is -2.28. The Labute approximate surface area is 150 Å². The number of benzene rings is 2. The number of amides is 2. The average Bonchev–Trinajstić information content (AvgIpc) is 3.15. The molecule has 2 amide bonds. The summed E-state index contributed by atoms with van der Waals surface area (Å²) in [6, 6.07) is 12.6. The molecule has 3 aromatic rings. The summed E-state index contributed by atoms with van der Waals surface area (Å²) in [6.45, 7) is 0.364. The molecule has 25 heavy (non-hydrogen) atoms. The first-order valence-electron chi connectivity index (χ1n) is 7.62. The first kappa shape index (κ1) is 16.9. The molecule has 0 aliphatic carbocycles. The van der Waals surface area contributed by atoms with Crippen molar-refractivity contribution in [3.05, 3.63) is 71.8 Å². The number of nitrogens with zero attached hydrogens (tertiary/aromatic N) is 2. The van der Waals surface area contributed by atoms with Gasteiger partial charge in [-0.25, -0.2) is 9.78 Å². The summed E-state index contributed by atoms with van der Waals surface area (Å²) in [5.41, 5.74) is 2.43. The molecule has 6 nitrogen and oxygen atoms in total. The summed E-state index contributed by atoms with van der Waals surface area (Å²) in [6.07, 6.45) is 5.29. The number of methoxy groups -OCH3 is 1. The lowest BCUT2D eigenvalue weighted by atomic mass is 10.1. The van der Waals surface area contributed by atoms with Gasteiger partial charge in [-0.2, -0.15) is 0 Å². The van der Waals surface area contributed by atoms with Crippen LogP contribution in [0, 0.1) is 0 Å². The van der Waals surface area contributed by atoms with Gasteiger partial charge in [0.1, 0.15) is 0 Å². The van der Waals surface area contributed by atoms with E-state index in [1.807, 2.05) is 35.0 Å². The molecule has 0 saturated heterocycles. The highest BCUT2D eigenvalue weighted by atomic mass is 35.5. The van der Waals surface area contributed by atoms with Crippen molar-refractivity contribution in [2.24, 2.45) is 0 Å². The fourth-order valence-electron chi connectivity index (χ4n) is 2.47. The van der Waals surface area contributed by atoms with E-state index in [1.165, 1.54) is 7.11 Å². The molecule has 0 radical (unpaired) electrons. The molecule has 3 rings (SSSR count). The molecule has 0 unspecified atom stereocenters. The summed E-state index contributed by atoms with van der Waals surface area (Å²) in [5.74, 6) is 0.429. The molecule has 0 saturated carbocycles. The van der Waals surface area contributed by atoms with E-state index in [9.17, 15) is 4.79 Å². The molecule has 2 aromatic carbocycles. The Bertz CT molecular complexity index is 865. The highest BCUT2D eigenvalue weighted by Crippen LogP contribution is 2.32. The van der Waals surface area contributed by atoms with Crippen molar-refractivity contribution in [1.82, 2.24) is 14.9 Å². The minimum atomic E-state index is -0.346. The van der Waals surface area contributed by atoms with Gasteiger partial charge in [0, 0.05) is 18.9 Å². The largest absolute Gasteiger partial charge is 0.493 e. The third-order valence-corrected chi connectivity index (χ3v) is 3.93. The van der Waals surface area contributed by atoms with E-state index < -0.39 is 0 Å². The number of rotatable bonds is 5. The van der Waals surface area contributed by atoms with Crippen LogP contribution in [0.1, 0.15) is 5.56 Å². The minimum absolute atomic E-state index is 0.346. The molecule has 2 N–H and O–H groups in total. The number of halogens is 1. The first-order chi connectivity index (χ1) is 12.2. The minimum Gasteiger partial charge on any atom is -0.493 e. The number of nitrogens with one attached hydrogen (secondary N) is 2. The van der Waals surface area contributed by atoms with E-state index in [0.29, 0.717) is 23.0 Å². The number of carbonyl (C=O) groups excluding carboxylic acids is 1. The van der Waals surface area contributed by atoms with Crippen LogP contribution in [0.5, 0.6) is 5.75 Å². The number of aromatic nitrogens is 2. The Kier molecular flexibility index (Phi) is 5.20. The van der Waals surface area contributed by atoms with Crippen LogP contribution in [0.2, 0.25) is 5.02 Å². The monoisotopic (exact) mass is 356 g/mol. The van der Waals surface area contributed by atoms with Gasteiger partial charge in [0.2, 0.25) is 0 Å². The zero-order chi connectivity index (χ0) is 17.6. The Balaban J connectivity index is 1.69. The summed E-state index contributed by atoms with van der Waals surface area (Å²) >= 11 is 6.06. The van der Waals surface area contributed by atoms with Crippen LogP contribution in [0.15, 0.2) is 61.2 Å². The van der Waals surface area contributed by atoms with E-state index in [-0.39, 0.29) is 6.03 Å². The number of hydrogen-bond donors (Lipinski definition) is 2. The molecule has 0 aliphatic heterocycles. The van der Waals surface area contributed by atoms with Crippen LogP contribution in [-0.2, 0) is 6.54 Å². The van der Waals surface area contributed by atoms with E-state index in [0.717, 1.165) is 11.3 Å². The Morgan fingerprint density at radius 1 is 1.24 bits per heavy atom. The van der Waals surface area contributed by atoms with E-state index in [1.54, 1.807) is 30.7 Å². The fraction of sp³-hybridized carbons (Fsp3) is 0.111. The molecule has 1 heterocycles. The highest BCUT2D eigenvalue weighted by molar-refractivity contribution is 6.32. The summed E-state index contributed by atoms with van der Waals surface area (Å²) in [5, 5.41) is 6.02. The van der Waals surface area contributed by atoms with Gasteiger partial charge in [-0.1, -0.05) is 35.9 Å². The third-order valence-electron chi connectivity index (χ3n) is 3.63. The maximum Gasteiger partial charge on any atom is 0.319 e. The number of hydrogen-bond acceptors (Lipinski definition) is 3. The molecule has 1 aromatic heterocycles. The zero-order valence-electron chi connectivity index (χ0n) is 13.6. The van der Waals surface area contributed by atoms with Crippen LogP contribution in [0.4, 0.5) is 10.5 Å². The molecule has 7 heteroatoms. The standard InChI is InChI=1S/C18H17ClN4O2/c1-25-17-14(19)6-4-7-15(17)22-18(24)21-11-13-5-2-3-8-16(13)23-10-9-20-12-23/h2-10,12H,11H2,1H3,(H2,21,22,24). The lowest BCUT2D eigenvalue weighted by Gasteiger charge is -2.14. The van der Waals surface area contributed by atoms with E-state index >= 15 is 0 Å². The molecule has 0 aliphatic rings. The van der Waals surface area contributed by atoms with Gasteiger partial charge in [0.05, 0.1) is 29.8 Å². The predicted molar refractivity (Wildman–Crippen MR) is 97.4 cm³/mol. The second-order valence-electron chi connectivity index (χ2n) is 5.23. The molecular formula is C18H17ClN4O2. The van der Waals surface area contributed by atoms with E-state index in [2.05, 4.69) is 15.6 Å². The molecular weight excluding hydrogens is 340 g/mol. The Hall–Kier alpha value is -2.99. The van der Waals surface area contributed by atoms with Gasteiger partial charge in [-0.05, 0) is 23.8 Å². The van der Waals surface area contributed by atoms with Gasteiger partial charge in [0.25, 0.3) is 0 Å². The molecule has 0 bridgehead atoms. The third kappa shape index (κ3) is 3.92. The van der Waals surface area contributed by atoms with Crippen LogP contribution < -0.4 is 15.4 Å². The Morgan fingerprint density at radius 2 is 2.08 bits per heavy atom. The summed E-state index contributed by atoms with van der Waals surface area (Å²) in [7, 11) is 1.51. The zero-order valence-corrected chi connectivity index (χ0v) is 14.3. The quantitative estimate of drug-likeness (QED) is 0.729. The molecule has 0 spiro atoms. The van der Waals surface area contributed by atoms with Crippen LogP contribution in [0.25, 0.3) is 5.69 Å². The fourth-order valence-corrected chi connectivity index (χ4v) is 2.72. The lowest BCUT2D eigenvalue weighted by molar-refractivity contribution is 0.251. The number of para-hydroxylation sites is 2. The average molecular weight is 357 g/mol. The second kappa shape index (κ2) is 7.72. The highest BCUT2D eigenvalue weighted by Gasteiger charge is 2.11. The Morgan fingerprint density at radius 3 is 2.84 bits per heavy atom. The number of carbonyl (C=O) groups is 1. The van der Waals surface area contributed by atoms with Gasteiger partial charge in [-0.3, -0.25) is 0 Å². The van der Waals surface area contributed by atoms with Crippen molar-refractivity contribution >= 4 is 23.3 Å². The second-order valence-corrected chi connectivity index (χ2v) is 5.63. The number of imidazole rings is 1. The van der Waals surface area contributed by atoms with Gasteiger partial charge in [0.15, 0.2) is 5.75 Å². The maximum absolute atomic E-state index is 12.2. The van der Waals surface area contributed by atoms with Crippen molar-refractivity contribution in [2.75, 3.05) is 12.4 Å². The predicted octanol–water partition coefficient (Wildman–Crippen LogP) is 3.86. The normalized spacial score (nSPS) is 10.3. The molecule has 0 atom stereocenters. The van der Waals surface area contributed by atoms with Gasteiger partial charge < -0.3 is 19.9 Å². The molecule has 128 valence electrons. The SMILES string of the molecule is COc1c(Cl)cccc1NC(=O)NCc1ccccc1-n1ccnc1. The summed E-state index contributed by atoms with van der Waals surface area (Å²) in [4.78, 5) is 16.3. The van der Waals surface area contributed by atoms with Gasteiger partial charge >= 0.3 is 6.03 Å². The number of urea groups is 1. The number of ether oxygens (including phenoxy) is 1. The topological polar surface area (TPSA) is 68.2 Å². The molecule has 0 fully saturated rings. The smallest absolute Gasteiger partial charge is 0.319 e.